The molecule has 0 aromatic carbocycles. The van der Waals surface area contributed by atoms with Crippen molar-refractivity contribution in [3.05, 3.63) is 0 Å². The molecular formula is C11H20N2O3. The van der Waals surface area contributed by atoms with Gasteiger partial charge >= 0.3 is 5.97 Å². The van der Waals surface area contributed by atoms with E-state index in [4.69, 9.17) is 4.74 Å². The van der Waals surface area contributed by atoms with Crippen molar-refractivity contribution in [1.82, 2.24) is 9.80 Å². The standard InChI is InChI=1S/C11H20N2O3/c1-4-16-11(15)9(2)13-7-5-6-12(3)10(14)8-13/h9H,4-8H2,1-3H3. The van der Waals surface area contributed by atoms with Crippen LogP contribution in [0.4, 0.5) is 0 Å². The van der Waals surface area contributed by atoms with Crippen LogP contribution in [0.25, 0.3) is 0 Å². The van der Waals surface area contributed by atoms with Gasteiger partial charge in [-0.15, -0.1) is 0 Å². The average Bonchev–Trinajstić information content (AvgIpc) is 2.41. The van der Waals surface area contributed by atoms with Gasteiger partial charge in [-0.3, -0.25) is 14.5 Å². The summed E-state index contributed by atoms with van der Waals surface area (Å²) in [5.74, 6) is -0.187. The summed E-state index contributed by atoms with van der Waals surface area (Å²) in [6.45, 7) is 5.77. The quantitative estimate of drug-likeness (QED) is 0.643. The lowest BCUT2D eigenvalue weighted by Gasteiger charge is -2.24. The van der Waals surface area contributed by atoms with Gasteiger partial charge in [0.05, 0.1) is 13.2 Å². The molecule has 1 aliphatic heterocycles. The first-order valence-electron chi connectivity index (χ1n) is 5.71. The number of amides is 1. The van der Waals surface area contributed by atoms with Gasteiger partial charge in [0, 0.05) is 20.1 Å². The fraction of sp³-hybridized carbons (Fsp3) is 0.818. The predicted molar refractivity (Wildman–Crippen MR) is 59.9 cm³/mol. The molecule has 1 heterocycles. The Morgan fingerprint density at radius 3 is 2.81 bits per heavy atom. The molecule has 1 aliphatic rings. The van der Waals surface area contributed by atoms with E-state index in [1.165, 1.54) is 0 Å². The van der Waals surface area contributed by atoms with Crippen molar-refractivity contribution >= 4 is 11.9 Å². The fourth-order valence-corrected chi connectivity index (χ4v) is 1.75. The smallest absolute Gasteiger partial charge is 0.323 e. The van der Waals surface area contributed by atoms with Crippen LogP contribution in [0.5, 0.6) is 0 Å². The highest BCUT2D eigenvalue weighted by Crippen LogP contribution is 2.08. The summed E-state index contributed by atoms with van der Waals surface area (Å²) in [5.41, 5.74) is 0. The summed E-state index contributed by atoms with van der Waals surface area (Å²) in [4.78, 5) is 26.8. The number of likely N-dealkylation sites (N-methyl/N-ethyl adjacent to an activating group) is 1. The molecule has 1 amide bonds. The fourth-order valence-electron chi connectivity index (χ4n) is 1.75. The van der Waals surface area contributed by atoms with Crippen LogP contribution in [-0.2, 0) is 14.3 Å². The van der Waals surface area contributed by atoms with Crippen molar-refractivity contribution in [2.75, 3.05) is 33.3 Å². The third-order valence-electron chi connectivity index (χ3n) is 2.88. The highest BCUT2D eigenvalue weighted by atomic mass is 16.5. The minimum Gasteiger partial charge on any atom is -0.465 e. The maximum absolute atomic E-state index is 11.6. The van der Waals surface area contributed by atoms with Crippen LogP contribution in [0.3, 0.4) is 0 Å². The normalized spacial score (nSPS) is 20.4. The van der Waals surface area contributed by atoms with Crippen molar-refractivity contribution < 1.29 is 14.3 Å². The Hall–Kier alpha value is -1.10. The monoisotopic (exact) mass is 228 g/mol. The van der Waals surface area contributed by atoms with Gasteiger partial charge in [-0.2, -0.15) is 0 Å². The van der Waals surface area contributed by atoms with Gasteiger partial charge in [0.15, 0.2) is 0 Å². The summed E-state index contributed by atoms with van der Waals surface area (Å²) >= 11 is 0. The molecule has 1 rings (SSSR count). The topological polar surface area (TPSA) is 49.9 Å². The lowest BCUT2D eigenvalue weighted by Crippen LogP contribution is -2.43. The van der Waals surface area contributed by atoms with Gasteiger partial charge in [-0.25, -0.2) is 0 Å². The van der Waals surface area contributed by atoms with E-state index >= 15 is 0 Å². The second-order valence-electron chi connectivity index (χ2n) is 4.07. The number of carbonyl (C=O) groups excluding carboxylic acids is 2. The van der Waals surface area contributed by atoms with Gasteiger partial charge in [0.25, 0.3) is 0 Å². The summed E-state index contributed by atoms with van der Waals surface area (Å²) in [5, 5.41) is 0. The minimum atomic E-state index is -0.338. The highest BCUT2D eigenvalue weighted by Gasteiger charge is 2.27. The van der Waals surface area contributed by atoms with Crippen molar-refractivity contribution in [1.29, 1.82) is 0 Å². The van der Waals surface area contributed by atoms with Crippen molar-refractivity contribution in [3.63, 3.8) is 0 Å². The van der Waals surface area contributed by atoms with E-state index in [2.05, 4.69) is 0 Å². The molecule has 0 saturated carbocycles. The van der Waals surface area contributed by atoms with E-state index in [0.29, 0.717) is 13.2 Å². The molecule has 0 N–H and O–H groups in total. The zero-order valence-electron chi connectivity index (χ0n) is 10.2. The van der Waals surface area contributed by atoms with Gasteiger partial charge in [0.2, 0.25) is 5.91 Å². The van der Waals surface area contributed by atoms with E-state index in [1.807, 2.05) is 4.90 Å². The first kappa shape index (κ1) is 13.0. The predicted octanol–water partition coefficient (Wildman–Crippen LogP) is 0.102. The van der Waals surface area contributed by atoms with Crippen LogP contribution in [0.1, 0.15) is 20.3 Å². The summed E-state index contributed by atoms with van der Waals surface area (Å²) in [7, 11) is 1.79. The Bertz CT molecular complexity index is 268. The Morgan fingerprint density at radius 2 is 2.19 bits per heavy atom. The zero-order chi connectivity index (χ0) is 12.1. The van der Waals surface area contributed by atoms with Crippen LogP contribution < -0.4 is 0 Å². The van der Waals surface area contributed by atoms with E-state index < -0.39 is 0 Å². The molecule has 1 saturated heterocycles. The number of esters is 1. The van der Waals surface area contributed by atoms with Gasteiger partial charge < -0.3 is 9.64 Å². The Morgan fingerprint density at radius 1 is 1.50 bits per heavy atom. The second kappa shape index (κ2) is 5.84. The molecular weight excluding hydrogens is 208 g/mol. The molecule has 0 radical (unpaired) electrons. The van der Waals surface area contributed by atoms with Crippen LogP contribution in [0.2, 0.25) is 0 Å². The summed E-state index contributed by atoms with van der Waals surface area (Å²) in [6.07, 6.45) is 0.895. The zero-order valence-corrected chi connectivity index (χ0v) is 10.2. The van der Waals surface area contributed by atoms with E-state index in [1.54, 1.807) is 25.8 Å². The molecule has 5 nitrogen and oxygen atoms in total. The average molecular weight is 228 g/mol. The summed E-state index contributed by atoms with van der Waals surface area (Å²) in [6, 6.07) is -0.338. The molecule has 1 atom stereocenters. The van der Waals surface area contributed by atoms with Crippen molar-refractivity contribution in [3.8, 4) is 0 Å². The molecule has 0 spiro atoms. The molecule has 92 valence electrons. The third kappa shape index (κ3) is 3.20. The molecule has 5 heteroatoms. The largest absolute Gasteiger partial charge is 0.465 e. The van der Waals surface area contributed by atoms with Crippen LogP contribution >= 0.6 is 0 Å². The number of carbonyl (C=O) groups is 2. The van der Waals surface area contributed by atoms with Crippen LogP contribution in [0.15, 0.2) is 0 Å². The van der Waals surface area contributed by atoms with Gasteiger partial charge in [0.1, 0.15) is 6.04 Å². The maximum atomic E-state index is 11.6. The molecule has 1 fully saturated rings. The van der Waals surface area contributed by atoms with Crippen LogP contribution in [-0.4, -0.2) is 61.0 Å². The van der Waals surface area contributed by atoms with Gasteiger partial charge in [-0.05, 0) is 20.3 Å². The number of hydrogen-bond donors (Lipinski definition) is 0. The SMILES string of the molecule is CCOC(=O)C(C)N1CCCN(C)C(=O)C1. The number of rotatable bonds is 3. The third-order valence-corrected chi connectivity index (χ3v) is 2.88. The van der Waals surface area contributed by atoms with Crippen LogP contribution in [0, 0.1) is 0 Å². The number of ether oxygens (including phenoxy) is 1. The van der Waals surface area contributed by atoms with E-state index in [0.717, 1.165) is 19.5 Å². The minimum absolute atomic E-state index is 0.0636. The van der Waals surface area contributed by atoms with Crippen molar-refractivity contribution in [2.45, 2.75) is 26.3 Å². The molecule has 1 unspecified atom stereocenters. The lowest BCUT2D eigenvalue weighted by molar-refractivity contribution is -0.149. The molecule has 16 heavy (non-hydrogen) atoms. The molecule has 0 bridgehead atoms. The number of hydrogen-bond acceptors (Lipinski definition) is 4. The first-order chi connectivity index (χ1) is 7.56. The highest BCUT2D eigenvalue weighted by molar-refractivity contribution is 5.80. The number of nitrogens with zero attached hydrogens (tertiary/aromatic N) is 2. The van der Waals surface area contributed by atoms with E-state index in [9.17, 15) is 9.59 Å². The lowest BCUT2D eigenvalue weighted by atomic mass is 10.2. The molecule has 0 aromatic rings. The maximum Gasteiger partial charge on any atom is 0.323 e. The first-order valence-corrected chi connectivity index (χ1v) is 5.71. The Labute approximate surface area is 96.3 Å². The Kier molecular flexibility index (Phi) is 4.73. The van der Waals surface area contributed by atoms with Crippen molar-refractivity contribution in [2.24, 2.45) is 0 Å². The van der Waals surface area contributed by atoms with E-state index in [-0.39, 0.29) is 17.9 Å². The molecule has 0 aliphatic carbocycles. The Balaban J connectivity index is 2.58. The summed E-state index contributed by atoms with van der Waals surface area (Å²) < 4.78 is 4.95. The molecule has 0 aromatic heterocycles. The second-order valence-corrected chi connectivity index (χ2v) is 4.07. The van der Waals surface area contributed by atoms with Gasteiger partial charge in [-0.1, -0.05) is 0 Å².